The van der Waals surface area contributed by atoms with Gasteiger partial charge in [0.05, 0.1) is 6.10 Å². The fourth-order valence-electron chi connectivity index (χ4n) is 0.665. The third kappa shape index (κ3) is 9.13. The summed E-state index contributed by atoms with van der Waals surface area (Å²) in [6.07, 6.45) is -6.29. The number of alkyl halides is 3. The van der Waals surface area contributed by atoms with Crippen LogP contribution in [-0.2, 0) is 4.79 Å². The van der Waals surface area contributed by atoms with Crippen LogP contribution in [0.15, 0.2) is 0 Å². The molecule has 0 saturated heterocycles. The Bertz CT molecular complexity index is 168. The van der Waals surface area contributed by atoms with E-state index < -0.39 is 24.6 Å². The molecule has 1 amide bonds. The van der Waals surface area contributed by atoms with Crippen molar-refractivity contribution in [2.75, 3.05) is 6.54 Å². The number of nitrogens with one attached hydrogen (secondary N) is 1. The van der Waals surface area contributed by atoms with Gasteiger partial charge in [-0.1, -0.05) is 0 Å². The van der Waals surface area contributed by atoms with Gasteiger partial charge in [0.25, 0.3) is 0 Å². The van der Waals surface area contributed by atoms with Crippen LogP contribution in [0.2, 0.25) is 0 Å². The average Bonchev–Trinajstić information content (AvgIpc) is 1.81. The summed E-state index contributed by atoms with van der Waals surface area (Å²) in [5.74, 6) is -1.06. The summed E-state index contributed by atoms with van der Waals surface area (Å²) < 4.78 is 34.7. The van der Waals surface area contributed by atoms with Gasteiger partial charge >= 0.3 is 6.18 Å². The Morgan fingerprint density at radius 2 is 2.08 bits per heavy atom. The second-order valence-corrected chi connectivity index (χ2v) is 2.78. The summed E-state index contributed by atoms with van der Waals surface area (Å²) in [7, 11) is 0. The maximum Gasteiger partial charge on any atom is 0.397 e. The van der Waals surface area contributed by atoms with Crippen molar-refractivity contribution in [3.63, 3.8) is 0 Å². The van der Waals surface area contributed by atoms with E-state index >= 15 is 0 Å². The Morgan fingerprint density at radius 1 is 1.54 bits per heavy atom. The molecule has 2 N–H and O–H groups in total. The highest BCUT2D eigenvalue weighted by Gasteiger charge is 2.30. The van der Waals surface area contributed by atoms with E-state index in [-0.39, 0.29) is 13.0 Å². The third-order valence-corrected chi connectivity index (χ3v) is 1.25. The van der Waals surface area contributed by atoms with Gasteiger partial charge in [-0.05, 0) is 13.3 Å². The van der Waals surface area contributed by atoms with Crippen molar-refractivity contribution < 1.29 is 23.1 Å². The molecule has 0 aliphatic rings. The fraction of sp³-hybridized carbons (Fsp3) is 0.857. The minimum Gasteiger partial charge on any atom is -0.393 e. The van der Waals surface area contributed by atoms with E-state index in [0.29, 0.717) is 0 Å². The molecule has 0 aromatic rings. The van der Waals surface area contributed by atoms with E-state index in [9.17, 15) is 18.0 Å². The van der Waals surface area contributed by atoms with Crippen molar-refractivity contribution >= 4 is 5.91 Å². The van der Waals surface area contributed by atoms with E-state index in [1.807, 2.05) is 0 Å². The van der Waals surface area contributed by atoms with Crippen LogP contribution < -0.4 is 5.32 Å². The number of hydrogen-bond donors (Lipinski definition) is 2. The highest BCUT2D eigenvalue weighted by Crippen LogP contribution is 2.18. The van der Waals surface area contributed by atoms with E-state index in [0.717, 1.165) is 0 Å². The zero-order valence-electron chi connectivity index (χ0n) is 7.19. The van der Waals surface area contributed by atoms with Gasteiger partial charge in [-0.25, -0.2) is 0 Å². The van der Waals surface area contributed by atoms with Gasteiger partial charge in [0.2, 0.25) is 5.91 Å². The molecule has 78 valence electrons. The van der Waals surface area contributed by atoms with Gasteiger partial charge in [0.15, 0.2) is 0 Å². The van der Waals surface area contributed by atoms with Crippen LogP contribution in [0.4, 0.5) is 13.2 Å². The van der Waals surface area contributed by atoms with E-state index in [2.05, 4.69) is 5.32 Å². The number of aliphatic hydroxyl groups excluding tert-OH is 1. The van der Waals surface area contributed by atoms with Crippen molar-refractivity contribution in [1.29, 1.82) is 0 Å². The van der Waals surface area contributed by atoms with Gasteiger partial charge in [-0.3, -0.25) is 4.79 Å². The van der Waals surface area contributed by atoms with Crippen LogP contribution in [0.3, 0.4) is 0 Å². The summed E-state index contributed by atoms with van der Waals surface area (Å²) in [5.41, 5.74) is 0. The number of carbonyl (C=O) groups excluding carboxylic acids is 1. The lowest BCUT2D eigenvalue weighted by molar-refractivity contribution is -0.153. The number of hydrogen-bond acceptors (Lipinski definition) is 2. The van der Waals surface area contributed by atoms with Crippen LogP contribution in [0.1, 0.15) is 19.8 Å². The van der Waals surface area contributed by atoms with Gasteiger partial charge in [0, 0.05) is 6.54 Å². The molecular weight excluding hydrogens is 187 g/mol. The first kappa shape index (κ1) is 12.2. The van der Waals surface area contributed by atoms with E-state index in [1.165, 1.54) is 6.92 Å². The molecule has 0 aromatic heterocycles. The van der Waals surface area contributed by atoms with Crippen LogP contribution in [0, 0.1) is 0 Å². The van der Waals surface area contributed by atoms with Gasteiger partial charge in [0.1, 0.15) is 6.42 Å². The standard InChI is InChI=1S/C7H12F3NO2/c1-5(12)2-3-11-6(13)4-7(8,9)10/h5,12H,2-4H2,1H3,(H,11,13). The predicted molar refractivity (Wildman–Crippen MR) is 40.0 cm³/mol. The summed E-state index contributed by atoms with van der Waals surface area (Å²) in [6.45, 7) is 1.56. The molecule has 0 fully saturated rings. The number of amides is 1. The first-order valence-electron chi connectivity index (χ1n) is 3.83. The monoisotopic (exact) mass is 199 g/mol. The first-order valence-corrected chi connectivity index (χ1v) is 3.83. The quantitative estimate of drug-likeness (QED) is 0.704. The van der Waals surface area contributed by atoms with Crippen molar-refractivity contribution in [3.05, 3.63) is 0 Å². The molecule has 1 unspecified atom stereocenters. The van der Waals surface area contributed by atoms with Crippen molar-refractivity contribution in [3.8, 4) is 0 Å². The normalized spacial score (nSPS) is 13.9. The van der Waals surface area contributed by atoms with E-state index in [1.54, 1.807) is 0 Å². The Kier molecular flexibility index (Phi) is 4.76. The lowest BCUT2D eigenvalue weighted by atomic mass is 10.3. The SMILES string of the molecule is CC(O)CCNC(=O)CC(F)(F)F. The Balaban J connectivity index is 3.53. The molecule has 1 atom stereocenters. The largest absolute Gasteiger partial charge is 0.397 e. The molecular formula is C7H12F3NO2. The van der Waals surface area contributed by atoms with Crippen molar-refractivity contribution in [2.45, 2.75) is 32.0 Å². The highest BCUT2D eigenvalue weighted by molar-refractivity contribution is 5.76. The molecule has 0 bridgehead atoms. The zero-order valence-corrected chi connectivity index (χ0v) is 7.19. The number of carbonyl (C=O) groups is 1. The summed E-state index contributed by atoms with van der Waals surface area (Å²) in [4.78, 5) is 10.5. The minimum atomic E-state index is -4.46. The first-order chi connectivity index (χ1) is 5.81. The molecule has 13 heavy (non-hydrogen) atoms. The maximum atomic E-state index is 11.6. The maximum absolute atomic E-state index is 11.6. The molecule has 0 radical (unpaired) electrons. The van der Waals surface area contributed by atoms with E-state index in [4.69, 9.17) is 5.11 Å². The van der Waals surface area contributed by atoms with Gasteiger partial charge < -0.3 is 10.4 Å². The molecule has 0 aliphatic carbocycles. The lowest BCUT2D eigenvalue weighted by Crippen LogP contribution is -2.30. The van der Waals surface area contributed by atoms with Crippen LogP contribution in [-0.4, -0.2) is 29.8 Å². The molecule has 0 spiro atoms. The van der Waals surface area contributed by atoms with Crippen LogP contribution in [0.25, 0.3) is 0 Å². The molecule has 0 heterocycles. The predicted octanol–water partition coefficient (Wildman–Crippen LogP) is 0.826. The Labute approximate surface area is 73.9 Å². The smallest absolute Gasteiger partial charge is 0.393 e. The minimum absolute atomic E-state index is 0.0621. The molecule has 0 aliphatic heterocycles. The number of rotatable bonds is 4. The zero-order chi connectivity index (χ0) is 10.5. The summed E-state index contributed by atoms with van der Waals surface area (Å²) in [6, 6.07) is 0. The summed E-state index contributed by atoms with van der Waals surface area (Å²) >= 11 is 0. The number of aliphatic hydroxyl groups is 1. The summed E-state index contributed by atoms with van der Waals surface area (Å²) in [5, 5.41) is 10.8. The second kappa shape index (κ2) is 5.06. The third-order valence-electron chi connectivity index (χ3n) is 1.25. The Hall–Kier alpha value is -0.780. The molecule has 0 aromatic carbocycles. The van der Waals surface area contributed by atoms with Crippen molar-refractivity contribution in [2.24, 2.45) is 0 Å². The second-order valence-electron chi connectivity index (χ2n) is 2.78. The molecule has 3 nitrogen and oxygen atoms in total. The topological polar surface area (TPSA) is 49.3 Å². The van der Waals surface area contributed by atoms with Crippen LogP contribution in [0.5, 0.6) is 0 Å². The van der Waals surface area contributed by atoms with Crippen LogP contribution >= 0.6 is 0 Å². The Morgan fingerprint density at radius 3 is 2.46 bits per heavy atom. The molecule has 0 rings (SSSR count). The lowest BCUT2D eigenvalue weighted by Gasteiger charge is -2.08. The number of halogens is 3. The highest BCUT2D eigenvalue weighted by atomic mass is 19.4. The molecule has 0 saturated carbocycles. The average molecular weight is 199 g/mol. The van der Waals surface area contributed by atoms with Crippen molar-refractivity contribution in [1.82, 2.24) is 5.32 Å². The van der Waals surface area contributed by atoms with Gasteiger partial charge in [-0.15, -0.1) is 0 Å². The molecule has 6 heteroatoms. The van der Waals surface area contributed by atoms with Gasteiger partial charge in [-0.2, -0.15) is 13.2 Å². The fourth-order valence-corrected chi connectivity index (χ4v) is 0.665.